The van der Waals surface area contributed by atoms with Gasteiger partial charge in [-0.3, -0.25) is 4.79 Å². The van der Waals surface area contributed by atoms with Crippen molar-refractivity contribution in [1.29, 1.82) is 0 Å². The number of carbonyl (C=O) groups is 1. The largest absolute Gasteiger partial charge is 0.490 e. The SMILES string of the molecule is CC(C)Oc1ccccc1C(=O)N1CCC2(CCCCC2)CC1. The summed E-state index contributed by atoms with van der Waals surface area (Å²) in [5.74, 6) is 0.845. The van der Waals surface area contributed by atoms with E-state index in [1.165, 1.54) is 44.9 Å². The highest BCUT2D eigenvalue weighted by Crippen LogP contribution is 2.44. The number of rotatable bonds is 3. The van der Waals surface area contributed by atoms with Crippen LogP contribution in [0.15, 0.2) is 24.3 Å². The van der Waals surface area contributed by atoms with Crippen molar-refractivity contribution < 1.29 is 9.53 Å². The molecule has 2 fully saturated rings. The highest BCUT2D eigenvalue weighted by molar-refractivity contribution is 5.97. The number of nitrogens with zero attached hydrogens (tertiary/aromatic N) is 1. The van der Waals surface area contributed by atoms with Crippen molar-refractivity contribution >= 4 is 5.91 Å². The van der Waals surface area contributed by atoms with E-state index in [0.29, 0.717) is 16.7 Å². The first kappa shape index (κ1) is 16.4. The minimum Gasteiger partial charge on any atom is -0.490 e. The summed E-state index contributed by atoms with van der Waals surface area (Å²) >= 11 is 0. The zero-order chi connectivity index (χ0) is 16.3. The van der Waals surface area contributed by atoms with Crippen molar-refractivity contribution in [1.82, 2.24) is 4.90 Å². The number of amides is 1. The molecule has 1 aliphatic carbocycles. The van der Waals surface area contributed by atoms with Crippen LogP contribution in [0.4, 0.5) is 0 Å². The molecular formula is C20H29NO2. The fourth-order valence-corrected chi connectivity index (χ4v) is 4.16. The Bertz CT molecular complexity index is 536. The van der Waals surface area contributed by atoms with Crippen molar-refractivity contribution in [2.75, 3.05) is 13.1 Å². The van der Waals surface area contributed by atoms with Gasteiger partial charge in [0.15, 0.2) is 0 Å². The standard InChI is InChI=1S/C20H29NO2/c1-16(2)23-18-9-5-4-8-17(18)19(22)21-14-12-20(13-15-21)10-6-3-7-11-20/h4-5,8-9,16H,3,6-7,10-15H2,1-2H3. The third-order valence-corrected chi connectivity index (χ3v) is 5.51. The van der Waals surface area contributed by atoms with Gasteiger partial charge >= 0.3 is 0 Å². The van der Waals surface area contributed by atoms with Crippen molar-refractivity contribution in [3.8, 4) is 5.75 Å². The number of likely N-dealkylation sites (tertiary alicyclic amines) is 1. The smallest absolute Gasteiger partial charge is 0.257 e. The van der Waals surface area contributed by atoms with E-state index < -0.39 is 0 Å². The Morgan fingerprint density at radius 2 is 1.70 bits per heavy atom. The second-order valence-electron chi connectivity index (χ2n) is 7.52. The lowest BCUT2D eigenvalue weighted by atomic mass is 9.68. The fraction of sp³-hybridized carbons (Fsp3) is 0.650. The predicted molar refractivity (Wildman–Crippen MR) is 92.9 cm³/mol. The normalized spacial score (nSPS) is 20.7. The summed E-state index contributed by atoms with van der Waals surface area (Å²) in [6.07, 6.45) is 9.29. The van der Waals surface area contributed by atoms with Crippen LogP contribution in [-0.2, 0) is 0 Å². The second kappa shape index (κ2) is 6.94. The number of hydrogen-bond acceptors (Lipinski definition) is 2. The lowest BCUT2D eigenvalue weighted by molar-refractivity contribution is 0.0468. The molecule has 23 heavy (non-hydrogen) atoms. The van der Waals surface area contributed by atoms with Crippen molar-refractivity contribution in [3.63, 3.8) is 0 Å². The molecule has 1 saturated carbocycles. The van der Waals surface area contributed by atoms with E-state index in [1.54, 1.807) is 0 Å². The van der Waals surface area contributed by atoms with Crippen LogP contribution in [0.1, 0.15) is 69.2 Å². The van der Waals surface area contributed by atoms with Gasteiger partial charge in [-0.05, 0) is 57.1 Å². The van der Waals surface area contributed by atoms with Gasteiger partial charge in [0, 0.05) is 13.1 Å². The van der Waals surface area contributed by atoms with Gasteiger partial charge in [-0.2, -0.15) is 0 Å². The third-order valence-electron chi connectivity index (χ3n) is 5.51. The van der Waals surface area contributed by atoms with Crippen molar-refractivity contribution in [2.24, 2.45) is 5.41 Å². The summed E-state index contributed by atoms with van der Waals surface area (Å²) in [7, 11) is 0. The Kier molecular flexibility index (Phi) is 4.93. The molecular weight excluding hydrogens is 286 g/mol. The zero-order valence-electron chi connectivity index (χ0n) is 14.5. The van der Waals surface area contributed by atoms with E-state index in [0.717, 1.165) is 13.1 Å². The maximum atomic E-state index is 12.9. The van der Waals surface area contributed by atoms with E-state index in [4.69, 9.17) is 4.74 Å². The molecule has 0 bridgehead atoms. The lowest BCUT2D eigenvalue weighted by Gasteiger charge is -2.44. The third kappa shape index (κ3) is 3.70. The van der Waals surface area contributed by atoms with Gasteiger partial charge in [-0.1, -0.05) is 31.4 Å². The number of benzene rings is 1. The van der Waals surface area contributed by atoms with Crippen LogP contribution in [-0.4, -0.2) is 30.0 Å². The molecule has 1 aliphatic heterocycles. The molecule has 3 rings (SSSR count). The molecule has 3 nitrogen and oxygen atoms in total. The van der Waals surface area contributed by atoms with Crippen LogP contribution < -0.4 is 4.74 Å². The molecule has 1 heterocycles. The first-order valence-electron chi connectivity index (χ1n) is 9.15. The van der Waals surface area contributed by atoms with Gasteiger partial charge in [0.05, 0.1) is 11.7 Å². The molecule has 0 unspecified atom stereocenters. The van der Waals surface area contributed by atoms with E-state index in [-0.39, 0.29) is 12.0 Å². The highest BCUT2D eigenvalue weighted by atomic mass is 16.5. The summed E-state index contributed by atoms with van der Waals surface area (Å²) < 4.78 is 5.82. The molecule has 0 radical (unpaired) electrons. The molecule has 1 aromatic carbocycles. The van der Waals surface area contributed by atoms with Crippen LogP contribution in [0.5, 0.6) is 5.75 Å². The van der Waals surface area contributed by atoms with Crippen molar-refractivity contribution in [3.05, 3.63) is 29.8 Å². The van der Waals surface area contributed by atoms with E-state index >= 15 is 0 Å². The Balaban J connectivity index is 1.68. The quantitative estimate of drug-likeness (QED) is 0.812. The minimum atomic E-state index is 0.0795. The summed E-state index contributed by atoms with van der Waals surface area (Å²) in [5.41, 5.74) is 1.24. The van der Waals surface area contributed by atoms with Crippen LogP contribution >= 0.6 is 0 Å². The maximum Gasteiger partial charge on any atom is 0.257 e. The average molecular weight is 315 g/mol. The molecule has 0 atom stereocenters. The lowest BCUT2D eigenvalue weighted by Crippen LogP contribution is -2.44. The molecule has 1 aromatic rings. The molecule has 0 aromatic heterocycles. The summed E-state index contributed by atoms with van der Waals surface area (Å²) in [4.78, 5) is 14.9. The van der Waals surface area contributed by atoms with Gasteiger partial charge in [-0.15, -0.1) is 0 Å². The zero-order valence-corrected chi connectivity index (χ0v) is 14.5. The highest BCUT2D eigenvalue weighted by Gasteiger charge is 2.37. The van der Waals surface area contributed by atoms with E-state index in [2.05, 4.69) is 0 Å². The molecule has 1 saturated heterocycles. The first-order chi connectivity index (χ1) is 11.1. The number of hydrogen-bond donors (Lipinski definition) is 0. The predicted octanol–water partition coefficient (Wildman–Crippen LogP) is 4.66. The average Bonchev–Trinajstić information content (AvgIpc) is 2.56. The molecule has 0 N–H and O–H groups in total. The molecule has 3 heteroatoms. The Morgan fingerprint density at radius 3 is 2.35 bits per heavy atom. The number of ether oxygens (including phenoxy) is 1. The molecule has 126 valence electrons. The van der Waals surface area contributed by atoms with Gasteiger partial charge in [0.1, 0.15) is 5.75 Å². The first-order valence-corrected chi connectivity index (χ1v) is 9.15. The summed E-state index contributed by atoms with van der Waals surface area (Å²) in [5, 5.41) is 0. The molecule has 2 aliphatic rings. The minimum absolute atomic E-state index is 0.0795. The Morgan fingerprint density at radius 1 is 1.04 bits per heavy atom. The van der Waals surface area contributed by atoms with E-state index in [1.807, 2.05) is 43.0 Å². The van der Waals surface area contributed by atoms with Gasteiger partial charge in [0.25, 0.3) is 5.91 Å². The molecule has 1 amide bonds. The number of piperidine rings is 1. The van der Waals surface area contributed by atoms with Crippen molar-refractivity contribution in [2.45, 2.75) is 64.9 Å². The van der Waals surface area contributed by atoms with Crippen LogP contribution in [0.25, 0.3) is 0 Å². The second-order valence-corrected chi connectivity index (χ2v) is 7.52. The summed E-state index contributed by atoms with van der Waals surface area (Å²) in [6.45, 7) is 5.79. The van der Waals surface area contributed by atoms with Gasteiger partial charge in [-0.25, -0.2) is 0 Å². The molecule has 1 spiro atoms. The van der Waals surface area contributed by atoms with Gasteiger partial charge < -0.3 is 9.64 Å². The summed E-state index contributed by atoms with van der Waals surface area (Å²) in [6, 6.07) is 7.65. The number of carbonyl (C=O) groups excluding carboxylic acids is 1. The van der Waals surface area contributed by atoms with Crippen LogP contribution in [0.2, 0.25) is 0 Å². The van der Waals surface area contributed by atoms with Crippen LogP contribution in [0, 0.1) is 5.41 Å². The number of para-hydroxylation sites is 1. The fourth-order valence-electron chi connectivity index (χ4n) is 4.16. The topological polar surface area (TPSA) is 29.5 Å². The van der Waals surface area contributed by atoms with Gasteiger partial charge in [0.2, 0.25) is 0 Å². The van der Waals surface area contributed by atoms with E-state index in [9.17, 15) is 4.79 Å². The maximum absolute atomic E-state index is 12.9. The monoisotopic (exact) mass is 315 g/mol. The van der Waals surface area contributed by atoms with Crippen LogP contribution in [0.3, 0.4) is 0 Å². The Labute approximate surface area is 140 Å². The Hall–Kier alpha value is -1.51.